The molecule has 0 amide bonds. The van der Waals surface area contributed by atoms with Crippen molar-refractivity contribution in [2.75, 3.05) is 0 Å². The molecule has 0 bridgehead atoms. The lowest BCUT2D eigenvalue weighted by atomic mass is 10.7. The highest BCUT2D eigenvalue weighted by Crippen LogP contribution is 1.99. The van der Waals surface area contributed by atoms with Gasteiger partial charge < -0.3 is 5.11 Å². The first-order chi connectivity index (χ1) is 2.64. The fourth-order valence-electron chi connectivity index (χ4n) is 0. The standard InChI is InChI=1S/C3H4F2O/c1-2(4)3(5)6/h6H,1H3. The molecule has 0 aromatic carbocycles. The van der Waals surface area contributed by atoms with Gasteiger partial charge in [-0.25, -0.2) is 4.39 Å². The Kier molecular flexibility index (Phi) is 1.57. The molecular weight excluding hydrogens is 90.0 g/mol. The van der Waals surface area contributed by atoms with Gasteiger partial charge in [0.1, 0.15) is 0 Å². The van der Waals surface area contributed by atoms with Gasteiger partial charge in [0.05, 0.1) is 0 Å². The quantitative estimate of drug-likeness (QED) is 0.452. The molecule has 6 heavy (non-hydrogen) atoms. The maximum atomic E-state index is 11.1. The maximum absolute atomic E-state index is 11.1. The summed E-state index contributed by atoms with van der Waals surface area (Å²) in [7, 11) is 0. The zero-order valence-corrected chi connectivity index (χ0v) is 3.20. The van der Waals surface area contributed by atoms with Crippen LogP contribution in [0.15, 0.2) is 11.8 Å². The second-order valence-electron chi connectivity index (χ2n) is 0.824. The van der Waals surface area contributed by atoms with E-state index in [2.05, 4.69) is 0 Å². The highest BCUT2D eigenvalue weighted by molar-refractivity contribution is 4.83. The van der Waals surface area contributed by atoms with Crippen molar-refractivity contribution in [3.8, 4) is 0 Å². The Bertz CT molecular complexity index is 58.9. The van der Waals surface area contributed by atoms with E-state index in [0.717, 1.165) is 6.92 Å². The highest BCUT2D eigenvalue weighted by Gasteiger charge is 1.90. The Morgan fingerprint density at radius 3 is 1.67 bits per heavy atom. The second-order valence-corrected chi connectivity index (χ2v) is 0.824. The van der Waals surface area contributed by atoms with Gasteiger partial charge in [-0.3, -0.25) is 0 Å². The summed E-state index contributed by atoms with van der Waals surface area (Å²) in [4.78, 5) is 0. The van der Waals surface area contributed by atoms with Crippen molar-refractivity contribution in [3.63, 3.8) is 0 Å². The minimum Gasteiger partial charge on any atom is -0.485 e. The lowest BCUT2D eigenvalue weighted by molar-refractivity contribution is 0.260. The van der Waals surface area contributed by atoms with Gasteiger partial charge in [-0.1, -0.05) is 0 Å². The van der Waals surface area contributed by atoms with Crippen LogP contribution < -0.4 is 0 Å². The van der Waals surface area contributed by atoms with Gasteiger partial charge in [0, 0.05) is 0 Å². The van der Waals surface area contributed by atoms with Gasteiger partial charge >= 0.3 is 6.01 Å². The minimum absolute atomic E-state index is 0.829. The third-order valence-corrected chi connectivity index (χ3v) is 0.284. The Hall–Kier alpha value is -0.600. The molecule has 3 heteroatoms. The smallest absolute Gasteiger partial charge is 0.302 e. The number of halogens is 2. The second kappa shape index (κ2) is 1.74. The molecule has 1 N–H and O–H groups in total. The lowest BCUT2D eigenvalue weighted by Crippen LogP contribution is -1.67. The lowest BCUT2D eigenvalue weighted by Gasteiger charge is -1.77. The van der Waals surface area contributed by atoms with Crippen molar-refractivity contribution in [1.82, 2.24) is 0 Å². The number of rotatable bonds is 0. The van der Waals surface area contributed by atoms with Crippen LogP contribution in [-0.2, 0) is 0 Å². The molecule has 0 aromatic heterocycles. The fraction of sp³-hybridized carbons (Fsp3) is 0.333. The van der Waals surface area contributed by atoms with E-state index in [9.17, 15) is 8.78 Å². The predicted octanol–water partition coefficient (Wildman–Crippen LogP) is 1.67. The first-order valence-corrected chi connectivity index (χ1v) is 1.35. The van der Waals surface area contributed by atoms with Crippen LogP contribution in [0, 0.1) is 0 Å². The average Bonchev–Trinajstić information content (AvgIpc) is 1.36. The van der Waals surface area contributed by atoms with Crippen LogP contribution in [0.5, 0.6) is 0 Å². The first kappa shape index (κ1) is 5.40. The SMILES string of the molecule is CC(F)=C(O)F. The Labute approximate surface area is 33.9 Å². The highest BCUT2D eigenvalue weighted by atomic mass is 19.2. The van der Waals surface area contributed by atoms with Crippen molar-refractivity contribution in [2.45, 2.75) is 6.92 Å². The number of hydrogen-bond donors (Lipinski definition) is 1. The molecule has 0 radical (unpaired) electrons. The summed E-state index contributed by atoms with van der Waals surface area (Å²) in [5.41, 5.74) is 0. The van der Waals surface area contributed by atoms with E-state index in [1.54, 1.807) is 0 Å². The summed E-state index contributed by atoms with van der Waals surface area (Å²) in [5, 5.41) is 7.47. The topological polar surface area (TPSA) is 20.2 Å². The van der Waals surface area contributed by atoms with Gasteiger partial charge in [0.25, 0.3) is 0 Å². The third kappa shape index (κ3) is 1.69. The van der Waals surface area contributed by atoms with E-state index < -0.39 is 11.8 Å². The molecule has 0 atom stereocenters. The molecule has 0 saturated carbocycles. The van der Waals surface area contributed by atoms with Crippen LogP contribution in [0.2, 0.25) is 0 Å². The summed E-state index contributed by atoms with van der Waals surface area (Å²) in [6.07, 6.45) is 0. The Morgan fingerprint density at radius 1 is 1.50 bits per heavy atom. The Balaban J connectivity index is 3.68. The zero-order valence-electron chi connectivity index (χ0n) is 3.20. The summed E-state index contributed by atoms with van der Waals surface area (Å²) in [6.45, 7) is 0.829. The van der Waals surface area contributed by atoms with Crippen LogP contribution >= 0.6 is 0 Å². The summed E-state index contributed by atoms with van der Waals surface area (Å²) < 4.78 is 22.0. The normalized spacial score (nSPS) is 13.8. The van der Waals surface area contributed by atoms with Gasteiger partial charge in [-0.05, 0) is 6.92 Å². The summed E-state index contributed by atoms with van der Waals surface area (Å²) >= 11 is 0. The van der Waals surface area contributed by atoms with E-state index >= 15 is 0 Å². The van der Waals surface area contributed by atoms with Gasteiger partial charge in [0.2, 0.25) is 0 Å². The molecule has 0 heterocycles. The molecule has 0 unspecified atom stereocenters. The summed E-state index contributed by atoms with van der Waals surface area (Å²) in [5.74, 6) is -1.19. The molecule has 0 aromatic rings. The molecular formula is C3H4F2O. The van der Waals surface area contributed by atoms with Crippen molar-refractivity contribution >= 4 is 0 Å². The van der Waals surface area contributed by atoms with Crippen LogP contribution in [-0.4, -0.2) is 5.11 Å². The molecule has 36 valence electrons. The average molecular weight is 94.1 g/mol. The van der Waals surface area contributed by atoms with Gasteiger partial charge in [-0.15, -0.1) is 0 Å². The largest absolute Gasteiger partial charge is 0.485 e. The number of hydrogen-bond acceptors (Lipinski definition) is 1. The molecule has 0 rings (SSSR count). The number of aliphatic hydroxyl groups is 1. The van der Waals surface area contributed by atoms with Crippen molar-refractivity contribution in [2.24, 2.45) is 0 Å². The first-order valence-electron chi connectivity index (χ1n) is 1.35. The predicted molar refractivity (Wildman–Crippen MR) is 17.5 cm³/mol. The van der Waals surface area contributed by atoms with Gasteiger partial charge in [-0.2, -0.15) is 4.39 Å². The maximum Gasteiger partial charge on any atom is 0.302 e. The number of aliphatic hydroxyl groups excluding tert-OH is 1. The van der Waals surface area contributed by atoms with Crippen molar-refractivity contribution < 1.29 is 13.9 Å². The minimum atomic E-state index is -1.74. The third-order valence-electron chi connectivity index (χ3n) is 0.284. The summed E-state index contributed by atoms with van der Waals surface area (Å²) in [6, 6.07) is -1.74. The van der Waals surface area contributed by atoms with Crippen LogP contribution in [0.1, 0.15) is 6.92 Å². The van der Waals surface area contributed by atoms with Crippen LogP contribution in [0.25, 0.3) is 0 Å². The fourth-order valence-corrected chi connectivity index (χ4v) is 0. The van der Waals surface area contributed by atoms with Crippen molar-refractivity contribution in [3.05, 3.63) is 11.8 Å². The van der Waals surface area contributed by atoms with Crippen molar-refractivity contribution in [1.29, 1.82) is 0 Å². The van der Waals surface area contributed by atoms with E-state index in [1.807, 2.05) is 0 Å². The molecule has 0 aliphatic rings. The molecule has 0 spiro atoms. The van der Waals surface area contributed by atoms with Crippen LogP contribution in [0.3, 0.4) is 0 Å². The Morgan fingerprint density at radius 2 is 1.67 bits per heavy atom. The van der Waals surface area contributed by atoms with E-state index in [0.29, 0.717) is 0 Å². The van der Waals surface area contributed by atoms with Crippen LogP contribution in [0.4, 0.5) is 8.78 Å². The van der Waals surface area contributed by atoms with Gasteiger partial charge in [0.15, 0.2) is 5.83 Å². The molecule has 0 fully saturated rings. The zero-order chi connectivity index (χ0) is 5.15. The molecule has 0 aliphatic carbocycles. The molecule has 1 nitrogen and oxygen atoms in total. The molecule has 0 aliphatic heterocycles. The van der Waals surface area contributed by atoms with E-state index in [4.69, 9.17) is 5.11 Å². The van der Waals surface area contributed by atoms with E-state index in [-0.39, 0.29) is 0 Å². The number of allylic oxidation sites excluding steroid dienone is 1. The van der Waals surface area contributed by atoms with E-state index in [1.165, 1.54) is 0 Å². The monoisotopic (exact) mass is 94.0 g/mol. The molecule has 0 saturated heterocycles.